The largest absolute Gasteiger partial charge is 0.319 e. The molecular formula is C13H14Br3N3. The minimum Gasteiger partial charge on any atom is -0.319 e. The van der Waals surface area contributed by atoms with Crippen molar-refractivity contribution in [2.45, 2.75) is 25.9 Å². The van der Waals surface area contributed by atoms with Gasteiger partial charge in [0, 0.05) is 15.0 Å². The van der Waals surface area contributed by atoms with Gasteiger partial charge in [0.2, 0.25) is 0 Å². The Morgan fingerprint density at radius 3 is 2.42 bits per heavy atom. The SMILES string of the molecule is CC(C)n1ncc(Br)c1C(N)c1ccc(Br)cc1Br. The van der Waals surface area contributed by atoms with Crippen LogP contribution in [0.3, 0.4) is 0 Å². The Balaban J connectivity index is 2.49. The topological polar surface area (TPSA) is 43.8 Å². The first kappa shape index (κ1) is 15.2. The van der Waals surface area contributed by atoms with Gasteiger partial charge in [-0.3, -0.25) is 4.68 Å². The molecule has 0 amide bonds. The third-order valence-corrected chi connectivity index (χ3v) is 4.66. The van der Waals surface area contributed by atoms with E-state index in [-0.39, 0.29) is 12.1 Å². The average molecular weight is 452 g/mol. The fraction of sp³-hybridized carbons (Fsp3) is 0.308. The van der Waals surface area contributed by atoms with E-state index >= 15 is 0 Å². The third-order valence-electron chi connectivity index (χ3n) is 2.87. The lowest BCUT2D eigenvalue weighted by molar-refractivity contribution is 0.498. The molecule has 0 saturated carbocycles. The van der Waals surface area contributed by atoms with Crippen LogP contribution in [0.15, 0.2) is 37.8 Å². The molecule has 102 valence electrons. The minimum absolute atomic E-state index is 0.234. The predicted molar refractivity (Wildman–Crippen MR) is 88.2 cm³/mol. The van der Waals surface area contributed by atoms with Crippen molar-refractivity contribution in [2.24, 2.45) is 5.73 Å². The number of hydrogen-bond acceptors (Lipinski definition) is 2. The normalized spacial score (nSPS) is 13.0. The van der Waals surface area contributed by atoms with Crippen molar-refractivity contribution in [2.75, 3.05) is 0 Å². The molecule has 2 N–H and O–H groups in total. The molecule has 0 fully saturated rings. The highest BCUT2D eigenvalue weighted by molar-refractivity contribution is 9.11. The summed E-state index contributed by atoms with van der Waals surface area (Å²) in [6, 6.07) is 6.04. The van der Waals surface area contributed by atoms with E-state index in [2.05, 4.69) is 66.7 Å². The highest BCUT2D eigenvalue weighted by atomic mass is 79.9. The molecule has 1 unspecified atom stereocenters. The predicted octanol–water partition coefficient (Wildman–Crippen LogP) is 4.80. The maximum atomic E-state index is 6.41. The highest BCUT2D eigenvalue weighted by Crippen LogP contribution is 2.33. The summed E-state index contributed by atoms with van der Waals surface area (Å²) >= 11 is 10.5. The van der Waals surface area contributed by atoms with Crippen LogP contribution in [0.1, 0.15) is 37.2 Å². The maximum Gasteiger partial charge on any atom is 0.0745 e. The summed E-state index contributed by atoms with van der Waals surface area (Å²) in [6.07, 6.45) is 1.79. The van der Waals surface area contributed by atoms with Gasteiger partial charge in [-0.05, 0) is 47.5 Å². The van der Waals surface area contributed by atoms with E-state index in [0.29, 0.717) is 0 Å². The first-order valence-corrected chi connectivity index (χ1v) is 8.23. The van der Waals surface area contributed by atoms with Crippen molar-refractivity contribution in [3.05, 3.63) is 49.1 Å². The zero-order valence-corrected chi connectivity index (χ0v) is 15.3. The van der Waals surface area contributed by atoms with Gasteiger partial charge >= 0.3 is 0 Å². The van der Waals surface area contributed by atoms with E-state index in [9.17, 15) is 0 Å². The van der Waals surface area contributed by atoms with Crippen molar-refractivity contribution in [3.63, 3.8) is 0 Å². The number of rotatable bonds is 3. The standard InChI is InChI=1S/C13H14Br3N3/c1-7(2)19-13(11(16)6-18-19)12(17)9-4-3-8(14)5-10(9)15/h3-7,12H,17H2,1-2H3. The molecule has 0 radical (unpaired) electrons. The van der Waals surface area contributed by atoms with E-state index in [1.807, 2.05) is 22.9 Å². The summed E-state index contributed by atoms with van der Waals surface area (Å²) in [5.41, 5.74) is 8.43. The lowest BCUT2D eigenvalue weighted by atomic mass is 10.0. The second-order valence-corrected chi connectivity index (χ2v) is 7.18. The molecule has 6 heteroatoms. The molecular weight excluding hydrogens is 438 g/mol. The molecule has 19 heavy (non-hydrogen) atoms. The van der Waals surface area contributed by atoms with Crippen molar-refractivity contribution in [1.29, 1.82) is 0 Å². The molecule has 0 saturated heterocycles. The molecule has 1 aromatic heterocycles. The zero-order chi connectivity index (χ0) is 14.2. The second kappa shape index (κ2) is 6.08. The van der Waals surface area contributed by atoms with E-state index < -0.39 is 0 Å². The Morgan fingerprint density at radius 1 is 1.16 bits per heavy atom. The summed E-state index contributed by atoms with van der Waals surface area (Å²) in [6.45, 7) is 4.18. The monoisotopic (exact) mass is 449 g/mol. The molecule has 3 nitrogen and oxygen atoms in total. The number of halogens is 3. The third kappa shape index (κ3) is 3.12. The molecule has 2 rings (SSSR count). The zero-order valence-electron chi connectivity index (χ0n) is 10.6. The van der Waals surface area contributed by atoms with E-state index in [0.717, 1.165) is 24.7 Å². The molecule has 1 atom stereocenters. The van der Waals surface area contributed by atoms with E-state index in [1.54, 1.807) is 6.20 Å². The van der Waals surface area contributed by atoms with Crippen molar-refractivity contribution < 1.29 is 0 Å². The summed E-state index contributed by atoms with van der Waals surface area (Å²) in [5.74, 6) is 0. The summed E-state index contributed by atoms with van der Waals surface area (Å²) in [5, 5.41) is 4.37. The first-order chi connectivity index (χ1) is 8.91. The molecule has 1 aromatic carbocycles. The molecule has 2 aromatic rings. The van der Waals surface area contributed by atoms with Crippen LogP contribution in [-0.2, 0) is 0 Å². The Kier molecular flexibility index (Phi) is 4.87. The van der Waals surface area contributed by atoms with Crippen LogP contribution < -0.4 is 5.73 Å². The lowest BCUT2D eigenvalue weighted by Crippen LogP contribution is -2.19. The van der Waals surface area contributed by atoms with Gasteiger partial charge in [-0.1, -0.05) is 37.9 Å². The van der Waals surface area contributed by atoms with Crippen LogP contribution in [0.4, 0.5) is 0 Å². The Labute approximate surface area is 137 Å². The van der Waals surface area contributed by atoms with Gasteiger partial charge in [-0.15, -0.1) is 0 Å². The molecule has 0 aliphatic heterocycles. The van der Waals surface area contributed by atoms with Crippen LogP contribution in [0, 0.1) is 0 Å². The van der Waals surface area contributed by atoms with E-state index in [4.69, 9.17) is 5.73 Å². The number of aromatic nitrogens is 2. The Bertz CT molecular complexity index is 593. The van der Waals surface area contributed by atoms with Gasteiger partial charge in [-0.25, -0.2) is 0 Å². The number of nitrogens with zero attached hydrogens (tertiary/aromatic N) is 2. The second-order valence-electron chi connectivity index (χ2n) is 4.56. The van der Waals surface area contributed by atoms with Gasteiger partial charge in [0.05, 0.1) is 22.4 Å². The van der Waals surface area contributed by atoms with Gasteiger partial charge < -0.3 is 5.73 Å². The maximum absolute atomic E-state index is 6.41. The van der Waals surface area contributed by atoms with Crippen molar-refractivity contribution >= 4 is 47.8 Å². The lowest BCUT2D eigenvalue weighted by Gasteiger charge is -2.19. The van der Waals surface area contributed by atoms with Crippen LogP contribution >= 0.6 is 47.8 Å². The molecule has 0 aliphatic rings. The highest BCUT2D eigenvalue weighted by Gasteiger charge is 2.21. The Hall–Kier alpha value is -0.170. The Morgan fingerprint density at radius 2 is 1.84 bits per heavy atom. The summed E-state index contributed by atoms with van der Waals surface area (Å²) in [4.78, 5) is 0. The summed E-state index contributed by atoms with van der Waals surface area (Å²) < 4.78 is 4.89. The van der Waals surface area contributed by atoms with Crippen molar-refractivity contribution in [3.8, 4) is 0 Å². The molecule has 0 bridgehead atoms. The fourth-order valence-corrected chi connectivity index (χ4v) is 3.77. The average Bonchev–Trinajstić information content (AvgIpc) is 2.70. The quantitative estimate of drug-likeness (QED) is 0.728. The molecule has 0 aliphatic carbocycles. The van der Waals surface area contributed by atoms with E-state index in [1.165, 1.54) is 0 Å². The number of hydrogen-bond donors (Lipinski definition) is 1. The van der Waals surface area contributed by atoms with Crippen molar-refractivity contribution in [1.82, 2.24) is 9.78 Å². The smallest absolute Gasteiger partial charge is 0.0745 e. The molecule has 0 spiro atoms. The minimum atomic E-state index is -0.234. The number of benzene rings is 1. The van der Waals surface area contributed by atoms with Crippen LogP contribution in [0.5, 0.6) is 0 Å². The van der Waals surface area contributed by atoms with Gasteiger partial charge in [0.1, 0.15) is 0 Å². The van der Waals surface area contributed by atoms with Gasteiger partial charge in [-0.2, -0.15) is 5.10 Å². The van der Waals surface area contributed by atoms with Gasteiger partial charge in [0.25, 0.3) is 0 Å². The number of nitrogens with two attached hydrogens (primary N) is 1. The van der Waals surface area contributed by atoms with Gasteiger partial charge in [0.15, 0.2) is 0 Å². The molecule has 1 heterocycles. The van der Waals surface area contributed by atoms with Crippen LogP contribution in [0.25, 0.3) is 0 Å². The summed E-state index contributed by atoms with van der Waals surface area (Å²) in [7, 11) is 0. The fourth-order valence-electron chi connectivity index (χ4n) is 1.95. The van der Waals surface area contributed by atoms with Crippen LogP contribution in [-0.4, -0.2) is 9.78 Å². The first-order valence-electron chi connectivity index (χ1n) is 5.85. The van der Waals surface area contributed by atoms with Crippen LogP contribution in [0.2, 0.25) is 0 Å².